The van der Waals surface area contributed by atoms with Crippen molar-refractivity contribution in [2.45, 2.75) is 45.1 Å². The number of methoxy groups -OCH3 is 1. The summed E-state index contributed by atoms with van der Waals surface area (Å²) in [4.78, 5) is 6.60. The first-order valence-corrected chi connectivity index (χ1v) is 10.3. The summed E-state index contributed by atoms with van der Waals surface area (Å²) < 4.78 is 33.4. The summed E-state index contributed by atoms with van der Waals surface area (Å²) in [6.07, 6.45) is 5.50. The molecule has 29 heavy (non-hydrogen) atoms. The molecule has 1 aliphatic heterocycles. The summed E-state index contributed by atoms with van der Waals surface area (Å²) in [5.74, 6) is -0.232. The van der Waals surface area contributed by atoms with E-state index in [1.165, 1.54) is 37.5 Å². The number of aliphatic imine (C=N–C) groups is 1. The summed E-state index contributed by atoms with van der Waals surface area (Å²) in [5, 5.41) is 6.76. The van der Waals surface area contributed by atoms with Gasteiger partial charge in [-0.2, -0.15) is 0 Å². The Hall–Kier alpha value is -1.16. The van der Waals surface area contributed by atoms with E-state index in [-0.39, 0.29) is 41.1 Å². The van der Waals surface area contributed by atoms with Gasteiger partial charge in [-0.15, -0.1) is 24.0 Å². The molecule has 1 aromatic carbocycles. The van der Waals surface area contributed by atoms with Crippen LogP contribution in [0.25, 0.3) is 0 Å². The van der Waals surface area contributed by atoms with Gasteiger partial charge < -0.3 is 20.3 Å². The molecule has 0 spiro atoms. The number of guanidine groups is 1. The molecule has 0 radical (unpaired) electrons. The number of rotatable bonds is 8. The van der Waals surface area contributed by atoms with Gasteiger partial charge in [0.25, 0.3) is 0 Å². The van der Waals surface area contributed by atoms with Gasteiger partial charge in [-0.3, -0.25) is 4.99 Å². The minimum atomic E-state index is -0.508. The summed E-state index contributed by atoms with van der Waals surface area (Å²) in [6.45, 7) is 5.53. The Balaban J connectivity index is 0.00000300. The van der Waals surface area contributed by atoms with Gasteiger partial charge in [0, 0.05) is 45.9 Å². The van der Waals surface area contributed by atoms with Crippen molar-refractivity contribution in [2.75, 3.05) is 44.8 Å². The molecule has 5 nitrogen and oxygen atoms in total. The number of halogens is 3. The van der Waals surface area contributed by atoms with E-state index in [9.17, 15) is 8.78 Å². The third-order valence-corrected chi connectivity index (χ3v) is 5.95. The molecule has 1 atom stereocenters. The Kier molecular flexibility index (Phi) is 9.39. The van der Waals surface area contributed by atoms with Gasteiger partial charge >= 0.3 is 0 Å². The lowest BCUT2D eigenvalue weighted by atomic mass is 9.67. The zero-order chi connectivity index (χ0) is 20.0. The lowest BCUT2D eigenvalue weighted by Gasteiger charge is -2.41. The Morgan fingerprint density at radius 3 is 2.62 bits per heavy atom. The normalized spacial score (nSPS) is 20.8. The Morgan fingerprint density at radius 1 is 1.31 bits per heavy atom. The summed E-state index contributed by atoms with van der Waals surface area (Å²) in [5.41, 5.74) is 0.331. The van der Waals surface area contributed by atoms with Crippen LogP contribution in [0.4, 0.5) is 14.5 Å². The highest BCUT2D eigenvalue weighted by atomic mass is 127. The van der Waals surface area contributed by atoms with Crippen LogP contribution in [0, 0.1) is 17.0 Å². The van der Waals surface area contributed by atoms with E-state index < -0.39 is 11.6 Å². The molecule has 1 aromatic rings. The fraction of sp³-hybridized carbons (Fsp3) is 0.667. The van der Waals surface area contributed by atoms with Crippen molar-refractivity contribution in [1.82, 2.24) is 10.6 Å². The molecule has 1 aliphatic carbocycles. The molecule has 1 heterocycles. The number of benzene rings is 1. The molecule has 2 N–H and O–H groups in total. The van der Waals surface area contributed by atoms with Crippen molar-refractivity contribution in [2.24, 2.45) is 10.4 Å². The first kappa shape index (κ1) is 24.1. The van der Waals surface area contributed by atoms with Crippen LogP contribution in [0.1, 0.15) is 39.0 Å². The fourth-order valence-corrected chi connectivity index (χ4v) is 4.11. The van der Waals surface area contributed by atoms with E-state index in [0.717, 1.165) is 38.5 Å². The Labute approximate surface area is 189 Å². The topological polar surface area (TPSA) is 48.9 Å². The minimum Gasteiger partial charge on any atom is -0.385 e. The molecule has 0 amide bonds. The van der Waals surface area contributed by atoms with E-state index in [2.05, 4.69) is 10.6 Å². The Bertz CT molecular complexity index is 664. The van der Waals surface area contributed by atoms with E-state index >= 15 is 0 Å². The molecule has 1 saturated heterocycles. The molecule has 1 unspecified atom stereocenters. The maximum absolute atomic E-state index is 14.1. The van der Waals surface area contributed by atoms with Crippen LogP contribution in [0.15, 0.2) is 23.2 Å². The van der Waals surface area contributed by atoms with E-state index in [4.69, 9.17) is 9.73 Å². The van der Waals surface area contributed by atoms with Gasteiger partial charge in [-0.05, 0) is 50.2 Å². The summed E-state index contributed by atoms with van der Waals surface area (Å²) in [7, 11) is 1.74. The number of anilines is 1. The highest BCUT2D eigenvalue weighted by molar-refractivity contribution is 14.0. The number of hydrogen-bond donors (Lipinski definition) is 2. The molecule has 8 heteroatoms. The van der Waals surface area contributed by atoms with E-state index in [1.54, 1.807) is 12.0 Å². The first-order valence-electron chi connectivity index (χ1n) is 10.3. The van der Waals surface area contributed by atoms with Crippen molar-refractivity contribution in [3.05, 3.63) is 29.8 Å². The van der Waals surface area contributed by atoms with Gasteiger partial charge in [-0.1, -0.05) is 12.5 Å². The predicted octanol–water partition coefficient (Wildman–Crippen LogP) is 3.92. The third-order valence-electron chi connectivity index (χ3n) is 5.95. The van der Waals surface area contributed by atoms with Crippen LogP contribution in [-0.4, -0.2) is 51.9 Å². The van der Waals surface area contributed by atoms with Crippen molar-refractivity contribution in [3.8, 4) is 0 Å². The van der Waals surface area contributed by atoms with Crippen molar-refractivity contribution >= 4 is 35.6 Å². The second kappa shape index (κ2) is 11.3. The summed E-state index contributed by atoms with van der Waals surface area (Å²) >= 11 is 0. The highest BCUT2D eigenvalue weighted by Crippen LogP contribution is 2.44. The van der Waals surface area contributed by atoms with Crippen LogP contribution in [-0.2, 0) is 4.74 Å². The van der Waals surface area contributed by atoms with E-state index in [0.29, 0.717) is 13.1 Å². The van der Waals surface area contributed by atoms with Gasteiger partial charge in [0.05, 0.1) is 0 Å². The fourth-order valence-electron chi connectivity index (χ4n) is 4.11. The molecule has 0 aromatic heterocycles. The van der Waals surface area contributed by atoms with Crippen molar-refractivity contribution < 1.29 is 13.5 Å². The smallest absolute Gasteiger partial charge is 0.191 e. The standard InChI is InChI=1S/C21H32F2N4O.HI/c1-3-24-20(25-15-21(9-5-10-21)11-13-28-2)26-16-8-12-27(14-16)19-17(22)6-4-7-18(19)23;/h4,6-7,16H,3,5,8-15H2,1-2H3,(H2,24,25,26);1H. The third kappa shape index (κ3) is 6.16. The van der Waals surface area contributed by atoms with Crippen LogP contribution in [0.2, 0.25) is 0 Å². The Morgan fingerprint density at radius 2 is 2.03 bits per heavy atom. The predicted molar refractivity (Wildman–Crippen MR) is 124 cm³/mol. The number of hydrogen-bond acceptors (Lipinski definition) is 3. The molecule has 0 bridgehead atoms. The second-order valence-corrected chi connectivity index (χ2v) is 7.94. The van der Waals surface area contributed by atoms with Gasteiger partial charge in [0.1, 0.15) is 17.3 Å². The zero-order valence-corrected chi connectivity index (χ0v) is 19.7. The van der Waals surface area contributed by atoms with E-state index in [1.807, 2.05) is 6.92 Å². The molecule has 1 saturated carbocycles. The van der Waals surface area contributed by atoms with Crippen molar-refractivity contribution in [3.63, 3.8) is 0 Å². The molecule has 164 valence electrons. The molecular weight excluding hydrogens is 489 g/mol. The van der Waals surface area contributed by atoms with Crippen LogP contribution in [0.5, 0.6) is 0 Å². The summed E-state index contributed by atoms with van der Waals surface area (Å²) in [6, 6.07) is 4.12. The second-order valence-electron chi connectivity index (χ2n) is 7.94. The zero-order valence-electron chi connectivity index (χ0n) is 17.3. The van der Waals surface area contributed by atoms with Gasteiger partial charge in [0.2, 0.25) is 0 Å². The lowest BCUT2D eigenvalue weighted by Crippen LogP contribution is -2.45. The lowest BCUT2D eigenvalue weighted by molar-refractivity contribution is 0.0778. The van der Waals surface area contributed by atoms with Gasteiger partial charge in [-0.25, -0.2) is 8.78 Å². The largest absolute Gasteiger partial charge is 0.385 e. The number of para-hydroxylation sites is 1. The average Bonchev–Trinajstić information content (AvgIpc) is 3.08. The monoisotopic (exact) mass is 522 g/mol. The maximum Gasteiger partial charge on any atom is 0.191 e. The minimum absolute atomic E-state index is 0. The maximum atomic E-state index is 14.1. The molecule has 2 fully saturated rings. The SMILES string of the molecule is CCNC(=NCC1(CCOC)CCC1)NC1CCN(c2c(F)cccc2F)C1.I. The number of nitrogens with one attached hydrogen (secondary N) is 2. The van der Waals surface area contributed by atoms with Crippen LogP contribution < -0.4 is 15.5 Å². The highest BCUT2D eigenvalue weighted by Gasteiger charge is 2.36. The molecular formula is C21H33F2IN4O. The van der Waals surface area contributed by atoms with Crippen LogP contribution >= 0.6 is 24.0 Å². The molecule has 3 rings (SSSR count). The number of nitrogens with zero attached hydrogens (tertiary/aromatic N) is 2. The van der Waals surface area contributed by atoms with Crippen molar-refractivity contribution in [1.29, 1.82) is 0 Å². The average molecular weight is 522 g/mol. The van der Waals surface area contributed by atoms with Gasteiger partial charge in [0.15, 0.2) is 5.96 Å². The molecule has 2 aliphatic rings. The van der Waals surface area contributed by atoms with Crippen LogP contribution in [0.3, 0.4) is 0 Å². The first-order chi connectivity index (χ1) is 13.6. The quantitative estimate of drug-likeness (QED) is 0.309. The number of ether oxygens (including phenoxy) is 1.